The van der Waals surface area contributed by atoms with Gasteiger partial charge in [-0.25, -0.2) is 0 Å². The average molecular weight is 257 g/mol. The van der Waals surface area contributed by atoms with Gasteiger partial charge in [0.1, 0.15) is 11.6 Å². The van der Waals surface area contributed by atoms with Crippen molar-refractivity contribution < 1.29 is 4.74 Å². The summed E-state index contributed by atoms with van der Waals surface area (Å²) < 4.78 is 6.60. The number of anilines is 1. The lowest BCUT2D eigenvalue weighted by atomic mass is 10.1. The van der Waals surface area contributed by atoms with E-state index in [1.54, 1.807) is 7.11 Å². The minimum Gasteiger partial charge on any atom is -0.497 e. The van der Waals surface area contributed by atoms with Crippen LogP contribution in [0.2, 0.25) is 0 Å². The van der Waals surface area contributed by atoms with Crippen LogP contribution >= 0.6 is 0 Å². The number of nitrogen functional groups attached to an aromatic ring is 1. The van der Waals surface area contributed by atoms with Crippen LogP contribution in [0.25, 0.3) is 11.3 Å². The monoisotopic (exact) mass is 257 g/mol. The van der Waals surface area contributed by atoms with Gasteiger partial charge in [-0.3, -0.25) is 5.41 Å². The molecule has 0 fully saturated rings. The second-order valence-electron chi connectivity index (χ2n) is 4.38. The molecule has 0 aliphatic carbocycles. The van der Waals surface area contributed by atoms with Gasteiger partial charge in [0.2, 0.25) is 5.96 Å². The first-order chi connectivity index (χ1) is 9.20. The van der Waals surface area contributed by atoms with E-state index in [4.69, 9.17) is 15.9 Å². The number of benzene rings is 1. The Hall–Kier alpha value is -2.50. The van der Waals surface area contributed by atoms with E-state index >= 15 is 0 Å². The summed E-state index contributed by atoms with van der Waals surface area (Å²) in [5, 5.41) is 15.2. The van der Waals surface area contributed by atoms with Crippen molar-refractivity contribution in [3.05, 3.63) is 29.8 Å². The maximum atomic E-state index is 7.56. The zero-order valence-corrected chi connectivity index (χ0v) is 10.6. The average Bonchev–Trinajstić information content (AvgIpc) is 3.00. The van der Waals surface area contributed by atoms with Crippen molar-refractivity contribution in [2.24, 2.45) is 5.73 Å². The fourth-order valence-electron chi connectivity index (χ4n) is 2.33. The van der Waals surface area contributed by atoms with Gasteiger partial charge in [0, 0.05) is 17.7 Å². The highest BCUT2D eigenvalue weighted by Crippen LogP contribution is 2.33. The molecule has 0 spiro atoms. The lowest BCUT2D eigenvalue weighted by Crippen LogP contribution is -2.23. The molecular weight excluding hydrogens is 242 g/mol. The summed E-state index contributed by atoms with van der Waals surface area (Å²) in [6.45, 7) is 0.851. The number of ether oxygens (including phenoxy) is 1. The highest BCUT2D eigenvalue weighted by molar-refractivity contribution is 5.84. The van der Waals surface area contributed by atoms with Crippen LogP contribution in [0.3, 0.4) is 0 Å². The van der Waals surface area contributed by atoms with Crippen LogP contribution < -0.4 is 15.8 Å². The molecule has 6 nitrogen and oxygen atoms in total. The smallest absolute Gasteiger partial charge is 0.215 e. The summed E-state index contributed by atoms with van der Waals surface area (Å²) in [4.78, 5) is 0. The molecule has 0 amide bonds. The second kappa shape index (κ2) is 4.31. The third-order valence-electron chi connectivity index (χ3n) is 3.24. The van der Waals surface area contributed by atoms with Gasteiger partial charge in [-0.15, -0.1) is 0 Å². The summed E-state index contributed by atoms with van der Waals surface area (Å²) >= 11 is 0. The normalized spacial score (nSPS) is 12.9. The van der Waals surface area contributed by atoms with Crippen LogP contribution in [0.5, 0.6) is 5.75 Å². The first-order valence-electron chi connectivity index (χ1n) is 6.05. The predicted molar refractivity (Wildman–Crippen MR) is 73.7 cm³/mol. The first-order valence-corrected chi connectivity index (χ1v) is 6.05. The van der Waals surface area contributed by atoms with Crippen LogP contribution in [0.1, 0.15) is 5.56 Å². The molecule has 0 saturated carbocycles. The Balaban J connectivity index is 2.09. The van der Waals surface area contributed by atoms with Gasteiger partial charge in [-0.05, 0) is 30.7 Å². The Labute approximate surface area is 110 Å². The second-order valence-corrected chi connectivity index (χ2v) is 4.38. The molecule has 98 valence electrons. The van der Waals surface area contributed by atoms with Gasteiger partial charge < -0.3 is 15.8 Å². The first kappa shape index (κ1) is 11.6. The maximum absolute atomic E-state index is 7.56. The number of hydrogen-bond acceptors (Lipinski definition) is 4. The molecule has 0 radical (unpaired) electrons. The molecule has 0 atom stereocenters. The van der Waals surface area contributed by atoms with Gasteiger partial charge in [0.25, 0.3) is 0 Å². The standard InChI is InChI=1S/C13H15N5O/c1-19-9-4-2-8(3-5-9)11-10-6-7-16-12(10)18(17-11)13(14)15/h2-5,16H,6-7H2,1H3,(H3,14,15). The number of fused-ring (bicyclic) bond motifs is 1. The van der Waals surface area contributed by atoms with Gasteiger partial charge >= 0.3 is 0 Å². The molecule has 0 saturated heterocycles. The number of nitrogens with zero attached hydrogens (tertiary/aromatic N) is 2. The molecule has 1 aliphatic heterocycles. The van der Waals surface area contributed by atoms with Crippen molar-refractivity contribution >= 4 is 11.8 Å². The van der Waals surface area contributed by atoms with Crippen LogP contribution in [0.4, 0.5) is 5.82 Å². The minimum atomic E-state index is -0.0783. The topological polar surface area (TPSA) is 89.0 Å². The third-order valence-corrected chi connectivity index (χ3v) is 3.24. The highest BCUT2D eigenvalue weighted by Gasteiger charge is 2.24. The number of nitrogens with two attached hydrogens (primary N) is 1. The van der Waals surface area contributed by atoms with Gasteiger partial charge in [-0.1, -0.05) is 0 Å². The van der Waals surface area contributed by atoms with E-state index in [9.17, 15) is 0 Å². The lowest BCUT2D eigenvalue weighted by Gasteiger charge is -2.03. The number of nitrogens with one attached hydrogen (secondary N) is 2. The Kier molecular flexibility index (Phi) is 2.63. The molecule has 0 bridgehead atoms. The molecule has 1 aliphatic rings. The number of aromatic nitrogens is 2. The largest absolute Gasteiger partial charge is 0.497 e. The summed E-state index contributed by atoms with van der Waals surface area (Å²) in [5.74, 6) is 1.56. The van der Waals surface area contributed by atoms with Gasteiger partial charge in [-0.2, -0.15) is 9.78 Å². The van der Waals surface area contributed by atoms with Crippen LogP contribution in [-0.2, 0) is 6.42 Å². The van der Waals surface area contributed by atoms with Crippen molar-refractivity contribution in [2.75, 3.05) is 19.0 Å². The molecule has 0 unspecified atom stereocenters. The minimum absolute atomic E-state index is 0.0783. The van der Waals surface area contributed by atoms with Crippen LogP contribution in [0, 0.1) is 5.41 Å². The van der Waals surface area contributed by atoms with Crippen molar-refractivity contribution in [2.45, 2.75) is 6.42 Å². The molecule has 3 rings (SSSR count). The Morgan fingerprint density at radius 1 is 1.42 bits per heavy atom. The molecule has 6 heteroatoms. The molecular formula is C13H15N5O. The van der Waals surface area contributed by atoms with Crippen molar-refractivity contribution in [3.63, 3.8) is 0 Å². The van der Waals surface area contributed by atoms with E-state index < -0.39 is 0 Å². The number of methoxy groups -OCH3 is 1. The molecule has 4 N–H and O–H groups in total. The number of rotatable bonds is 2. The van der Waals surface area contributed by atoms with E-state index in [0.717, 1.165) is 41.4 Å². The van der Waals surface area contributed by atoms with Gasteiger partial charge in [0.05, 0.1) is 12.8 Å². The van der Waals surface area contributed by atoms with E-state index in [0.29, 0.717) is 0 Å². The SMILES string of the molecule is COc1ccc(-c2nn(C(=N)N)c3c2CCN3)cc1. The fourth-order valence-corrected chi connectivity index (χ4v) is 2.33. The van der Waals surface area contributed by atoms with E-state index in [2.05, 4.69) is 10.4 Å². The molecule has 2 aromatic rings. The summed E-state index contributed by atoms with van der Waals surface area (Å²) in [5.41, 5.74) is 8.53. The Morgan fingerprint density at radius 3 is 2.79 bits per heavy atom. The zero-order valence-electron chi connectivity index (χ0n) is 10.6. The van der Waals surface area contributed by atoms with Crippen LogP contribution in [0.15, 0.2) is 24.3 Å². The lowest BCUT2D eigenvalue weighted by molar-refractivity contribution is 0.415. The van der Waals surface area contributed by atoms with Crippen molar-refractivity contribution in [1.29, 1.82) is 5.41 Å². The highest BCUT2D eigenvalue weighted by atomic mass is 16.5. The van der Waals surface area contributed by atoms with E-state index in [-0.39, 0.29) is 5.96 Å². The molecule has 1 aromatic carbocycles. The Morgan fingerprint density at radius 2 is 2.16 bits per heavy atom. The quantitative estimate of drug-likeness (QED) is 0.558. The van der Waals surface area contributed by atoms with Crippen molar-refractivity contribution in [1.82, 2.24) is 9.78 Å². The Bertz CT molecular complexity index is 629. The maximum Gasteiger partial charge on any atom is 0.215 e. The molecule has 1 aromatic heterocycles. The summed E-state index contributed by atoms with van der Waals surface area (Å²) in [7, 11) is 1.64. The third kappa shape index (κ3) is 1.81. The fraction of sp³-hybridized carbons (Fsp3) is 0.231. The molecule has 19 heavy (non-hydrogen) atoms. The number of hydrogen-bond donors (Lipinski definition) is 3. The zero-order chi connectivity index (χ0) is 13.4. The van der Waals surface area contributed by atoms with Gasteiger partial charge in [0.15, 0.2) is 0 Å². The van der Waals surface area contributed by atoms with Crippen molar-refractivity contribution in [3.8, 4) is 17.0 Å². The van der Waals surface area contributed by atoms with Crippen LogP contribution in [-0.4, -0.2) is 29.4 Å². The summed E-state index contributed by atoms with van der Waals surface area (Å²) in [6.07, 6.45) is 0.893. The summed E-state index contributed by atoms with van der Waals surface area (Å²) in [6, 6.07) is 7.72. The molecule has 2 heterocycles. The van der Waals surface area contributed by atoms with E-state index in [1.165, 1.54) is 4.68 Å². The predicted octanol–water partition coefficient (Wildman–Crippen LogP) is 1.27. The van der Waals surface area contributed by atoms with E-state index in [1.807, 2.05) is 24.3 Å².